The molecule has 0 saturated carbocycles. The number of rotatable bonds is 2. The monoisotopic (exact) mass is 190 g/mol. The molecular weight excluding hydrogens is 185 g/mol. The van der Waals surface area contributed by atoms with E-state index in [0.29, 0.717) is 11.6 Å². The second-order valence-corrected chi connectivity index (χ2v) is 2.25. The minimum absolute atomic E-state index is 0.414. The van der Waals surface area contributed by atoms with Crippen molar-refractivity contribution in [1.82, 2.24) is 0 Å². The molecule has 0 radical (unpaired) electrons. The molecule has 0 amide bonds. The van der Waals surface area contributed by atoms with E-state index < -0.39 is 12.0 Å². The lowest BCUT2D eigenvalue weighted by molar-refractivity contribution is -0.165. The molecule has 0 bridgehead atoms. The summed E-state index contributed by atoms with van der Waals surface area (Å²) in [6.07, 6.45) is -0.762. The highest BCUT2D eigenvalue weighted by Crippen LogP contribution is 2.17. The fourth-order valence-corrected chi connectivity index (χ4v) is 0.636. The van der Waals surface area contributed by atoms with Gasteiger partial charge in [0.05, 0.1) is 12.5 Å². The zero-order valence-corrected chi connectivity index (χ0v) is 6.34. The number of ketones is 1. The largest absolute Gasteiger partial charge is 0.472 e. The van der Waals surface area contributed by atoms with Gasteiger partial charge in [0, 0.05) is 5.56 Å². The van der Waals surface area contributed by atoms with Crippen LogP contribution in [0.25, 0.3) is 6.08 Å². The molecule has 0 unspecified atom stereocenters. The number of allylic oxidation sites excluding steroid dienone is 1. The number of carbonyl (C=O) groups excluding carboxylic acids is 1. The van der Waals surface area contributed by atoms with Crippen molar-refractivity contribution in [3.63, 3.8) is 0 Å². The molecule has 70 valence electrons. The van der Waals surface area contributed by atoms with Crippen molar-refractivity contribution in [2.45, 2.75) is 6.18 Å². The molecule has 1 heterocycles. The second-order valence-electron chi connectivity index (χ2n) is 2.25. The fourth-order valence-electron chi connectivity index (χ4n) is 0.636. The molecule has 0 fully saturated rings. The van der Waals surface area contributed by atoms with Crippen LogP contribution in [0.2, 0.25) is 0 Å². The van der Waals surface area contributed by atoms with Crippen LogP contribution in [0.1, 0.15) is 5.56 Å². The lowest BCUT2D eigenvalue weighted by atomic mass is 10.2. The van der Waals surface area contributed by atoms with Gasteiger partial charge in [-0.1, -0.05) is 0 Å². The topological polar surface area (TPSA) is 30.2 Å². The van der Waals surface area contributed by atoms with Gasteiger partial charge >= 0.3 is 6.18 Å². The Morgan fingerprint density at radius 2 is 2.15 bits per heavy atom. The number of alkyl halides is 3. The Labute approximate surface area is 71.7 Å². The van der Waals surface area contributed by atoms with Crippen molar-refractivity contribution >= 4 is 11.9 Å². The van der Waals surface area contributed by atoms with Crippen molar-refractivity contribution in [2.75, 3.05) is 0 Å². The van der Waals surface area contributed by atoms with Gasteiger partial charge in [0.2, 0.25) is 0 Å². The van der Waals surface area contributed by atoms with Gasteiger partial charge in [0.15, 0.2) is 0 Å². The number of carbonyl (C=O) groups is 1. The van der Waals surface area contributed by atoms with E-state index in [1.54, 1.807) is 0 Å². The van der Waals surface area contributed by atoms with Crippen LogP contribution in [0.15, 0.2) is 29.1 Å². The molecule has 1 aromatic rings. The van der Waals surface area contributed by atoms with Crippen LogP contribution >= 0.6 is 0 Å². The van der Waals surface area contributed by atoms with Crippen LogP contribution in [0.3, 0.4) is 0 Å². The summed E-state index contributed by atoms with van der Waals surface area (Å²) >= 11 is 0. The molecule has 5 heteroatoms. The average molecular weight is 190 g/mol. The number of hydrogen-bond acceptors (Lipinski definition) is 2. The van der Waals surface area contributed by atoms with Crippen LogP contribution in [0.5, 0.6) is 0 Å². The van der Waals surface area contributed by atoms with Gasteiger partial charge in [0.1, 0.15) is 0 Å². The highest BCUT2D eigenvalue weighted by molar-refractivity contribution is 5.97. The third-order valence-corrected chi connectivity index (χ3v) is 1.25. The standard InChI is InChI=1S/C8H5F3O2/c9-8(10,11)7(12)2-1-6-3-4-13-5-6/h1-5H/b2-1+. The van der Waals surface area contributed by atoms with Gasteiger partial charge < -0.3 is 4.42 Å². The van der Waals surface area contributed by atoms with Crippen molar-refractivity contribution in [3.8, 4) is 0 Å². The zero-order valence-electron chi connectivity index (χ0n) is 6.34. The van der Waals surface area contributed by atoms with Crippen LogP contribution in [0.4, 0.5) is 13.2 Å². The van der Waals surface area contributed by atoms with Gasteiger partial charge in [-0.3, -0.25) is 4.79 Å². The third kappa shape index (κ3) is 2.77. The summed E-state index contributed by atoms with van der Waals surface area (Å²) in [5.41, 5.74) is 0.414. The van der Waals surface area contributed by atoms with E-state index in [-0.39, 0.29) is 0 Å². The van der Waals surface area contributed by atoms with Crippen LogP contribution < -0.4 is 0 Å². The normalized spacial score (nSPS) is 12.2. The summed E-state index contributed by atoms with van der Waals surface area (Å²) in [5.74, 6) is -1.88. The quantitative estimate of drug-likeness (QED) is 0.670. The predicted octanol–water partition coefficient (Wildman–Crippen LogP) is 2.42. The molecule has 0 atom stereocenters. The molecular formula is C8H5F3O2. The molecule has 13 heavy (non-hydrogen) atoms. The first-order valence-corrected chi connectivity index (χ1v) is 3.31. The Bertz CT molecular complexity index is 309. The van der Waals surface area contributed by atoms with Crippen LogP contribution in [-0.4, -0.2) is 12.0 Å². The van der Waals surface area contributed by atoms with Gasteiger partial charge in [-0.2, -0.15) is 13.2 Å². The Morgan fingerprint density at radius 1 is 1.46 bits per heavy atom. The first kappa shape index (κ1) is 9.57. The number of hydrogen-bond donors (Lipinski definition) is 0. The van der Waals surface area contributed by atoms with E-state index in [4.69, 9.17) is 0 Å². The van der Waals surface area contributed by atoms with Crippen LogP contribution in [-0.2, 0) is 4.79 Å². The molecule has 0 aliphatic rings. The van der Waals surface area contributed by atoms with Gasteiger partial charge in [0.25, 0.3) is 5.78 Å². The molecule has 0 aliphatic carbocycles. The van der Waals surface area contributed by atoms with Crippen molar-refractivity contribution < 1.29 is 22.4 Å². The maximum absolute atomic E-state index is 11.7. The summed E-state index contributed by atoms with van der Waals surface area (Å²) < 4.78 is 39.5. The predicted molar refractivity (Wildman–Crippen MR) is 38.8 cm³/mol. The molecule has 0 aliphatic heterocycles. The first-order valence-electron chi connectivity index (χ1n) is 3.31. The molecule has 2 nitrogen and oxygen atoms in total. The van der Waals surface area contributed by atoms with Crippen LogP contribution in [0, 0.1) is 0 Å². The van der Waals surface area contributed by atoms with Crippen molar-refractivity contribution in [2.24, 2.45) is 0 Å². The fraction of sp³-hybridized carbons (Fsp3) is 0.125. The maximum Gasteiger partial charge on any atom is 0.454 e. The van der Waals surface area contributed by atoms with Gasteiger partial charge in [-0.25, -0.2) is 0 Å². The van der Waals surface area contributed by atoms with Crippen molar-refractivity contribution in [3.05, 3.63) is 30.2 Å². The highest BCUT2D eigenvalue weighted by atomic mass is 19.4. The summed E-state index contributed by atoms with van der Waals surface area (Å²) in [7, 11) is 0. The maximum atomic E-state index is 11.7. The van der Waals surface area contributed by atoms with E-state index in [2.05, 4.69) is 4.42 Å². The smallest absolute Gasteiger partial charge is 0.454 e. The zero-order chi connectivity index (χ0) is 9.90. The third-order valence-electron chi connectivity index (χ3n) is 1.25. The second kappa shape index (κ2) is 3.47. The summed E-state index contributed by atoms with van der Waals surface area (Å²) in [4.78, 5) is 10.3. The lowest BCUT2D eigenvalue weighted by Gasteiger charge is -1.98. The van der Waals surface area contributed by atoms with E-state index >= 15 is 0 Å². The Kier molecular flexibility index (Phi) is 2.55. The summed E-state index contributed by atoms with van der Waals surface area (Å²) in [6, 6.07) is 1.44. The van der Waals surface area contributed by atoms with Gasteiger partial charge in [-0.05, 0) is 18.2 Å². The molecule has 0 spiro atoms. The van der Waals surface area contributed by atoms with E-state index in [1.165, 1.54) is 18.6 Å². The SMILES string of the molecule is O=C(/C=C/c1ccoc1)C(F)(F)F. The number of halogens is 3. The summed E-state index contributed by atoms with van der Waals surface area (Å²) in [5, 5.41) is 0. The summed E-state index contributed by atoms with van der Waals surface area (Å²) in [6.45, 7) is 0. The number of furan rings is 1. The lowest BCUT2D eigenvalue weighted by Crippen LogP contribution is -2.19. The Morgan fingerprint density at radius 3 is 2.62 bits per heavy atom. The Balaban J connectivity index is 2.65. The average Bonchev–Trinajstić information content (AvgIpc) is 2.50. The van der Waals surface area contributed by atoms with E-state index in [0.717, 1.165) is 6.08 Å². The minimum atomic E-state index is -4.81. The Hall–Kier alpha value is -1.52. The van der Waals surface area contributed by atoms with Gasteiger partial charge in [-0.15, -0.1) is 0 Å². The van der Waals surface area contributed by atoms with Crippen molar-refractivity contribution in [1.29, 1.82) is 0 Å². The van der Waals surface area contributed by atoms with E-state index in [1.807, 2.05) is 0 Å². The van der Waals surface area contributed by atoms with E-state index in [9.17, 15) is 18.0 Å². The minimum Gasteiger partial charge on any atom is -0.472 e. The highest BCUT2D eigenvalue weighted by Gasteiger charge is 2.35. The molecule has 0 N–H and O–H groups in total. The first-order chi connectivity index (χ1) is 6.00. The molecule has 1 aromatic heterocycles. The molecule has 1 rings (SSSR count). The molecule has 0 aromatic carbocycles. The molecule has 0 saturated heterocycles.